The van der Waals surface area contributed by atoms with E-state index in [1.54, 1.807) is 43.5 Å². The monoisotopic (exact) mass is 459 g/mol. The molecule has 0 saturated carbocycles. The SMILES string of the molecule is COCCCN1C(=O)C(=O)/C(=C(\O)c2ccc(Br)cc2)C1c1ccccc1OC. The van der Waals surface area contributed by atoms with Gasteiger partial charge in [0, 0.05) is 35.9 Å². The van der Waals surface area contributed by atoms with Gasteiger partial charge in [0.2, 0.25) is 0 Å². The van der Waals surface area contributed by atoms with Crippen LogP contribution in [0.3, 0.4) is 0 Å². The number of hydrogen-bond acceptors (Lipinski definition) is 5. The molecule has 3 rings (SSSR count). The molecule has 1 fully saturated rings. The van der Waals surface area contributed by atoms with Crippen molar-refractivity contribution in [1.82, 2.24) is 4.90 Å². The summed E-state index contributed by atoms with van der Waals surface area (Å²) in [6.45, 7) is 0.770. The highest BCUT2D eigenvalue weighted by Crippen LogP contribution is 2.42. The van der Waals surface area contributed by atoms with Gasteiger partial charge in [0.25, 0.3) is 11.7 Å². The van der Waals surface area contributed by atoms with Crippen molar-refractivity contribution in [1.29, 1.82) is 0 Å². The Morgan fingerprint density at radius 2 is 1.79 bits per heavy atom. The number of Topliss-reactive ketones (excluding diaryl/α,β-unsaturated/α-hetero) is 1. The molecule has 7 heteroatoms. The summed E-state index contributed by atoms with van der Waals surface area (Å²) in [6, 6.07) is 13.4. The first-order valence-electron chi connectivity index (χ1n) is 9.15. The van der Waals surface area contributed by atoms with Gasteiger partial charge in [0.15, 0.2) is 0 Å². The predicted molar refractivity (Wildman–Crippen MR) is 113 cm³/mol. The summed E-state index contributed by atoms with van der Waals surface area (Å²) in [6.07, 6.45) is 0.563. The maximum atomic E-state index is 12.9. The van der Waals surface area contributed by atoms with Crippen molar-refractivity contribution in [2.45, 2.75) is 12.5 Å². The molecule has 1 amide bonds. The number of benzene rings is 2. The van der Waals surface area contributed by atoms with Crippen molar-refractivity contribution in [3.63, 3.8) is 0 Å². The zero-order valence-electron chi connectivity index (χ0n) is 16.2. The summed E-state index contributed by atoms with van der Waals surface area (Å²) in [4.78, 5) is 27.2. The number of para-hydroxylation sites is 1. The number of methoxy groups -OCH3 is 2. The van der Waals surface area contributed by atoms with Crippen molar-refractivity contribution in [3.05, 3.63) is 69.7 Å². The number of nitrogens with zero attached hydrogens (tertiary/aromatic N) is 1. The van der Waals surface area contributed by atoms with Gasteiger partial charge in [-0.1, -0.05) is 46.3 Å². The molecule has 0 spiro atoms. The fourth-order valence-electron chi connectivity index (χ4n) is 3.47. The van der Waals surface area contributed by atoms with Gasteiger partial charge in [-0.25, -0.2) is 0 Å². The lowest BCUT2D eigenvalue weighted by molar-refractivity contribution is -0.140. The van der Waals surface area contributed by atoms with Crippen LogP contribution >= 0.6 is 15.9 Å². The number of aliphatic hydroxyl groups excluding tert-OH is 1. The number of carbonyl (C=O) groups is 2. The van der Waals surface area contributed by atoms with Gasteiger partial charge in [-0.15, -0.1) is 0 Å². The highest BCUT2D eigenvalue weighted by molar-refractivity contribution is 9.10. The molecule has 2 aromatic rings. The van der Waals surface area contributed by atoms with E-state index in [1.165, 1.54) is 12.0 Å². The molecular weight excluding hydrogens is 438 g/mol. The van der Waals surface area contributed by atoms with Gasteiger partial charge in [-0.3, -0.25) is 9.59 Å². The minimum absolute atomic E-state index is 0.0549. The predicted octanol–water partition coefficient (Wildman–Crippen LogP) is 3.92. The van der Waals surface area contributed by atoms with Gasteiger partial charge in [-0.2, -0.15) is 0 Å². The second-order valence-electron chi connectivity index (χ2n) is 6.59. The maximum Gasteiger partial charge on any atom is 0.295 e. The highest BCUT2D eigenvalue weighted by atomic mass is 79.9. The molecule has 1 heterocycles. The van der Waals surface area contributed by atoms with E-state index < -0.39 is 17.7 Å². The minimum atomic E-state index is -0.744. The van der Waals surface area contributed by atoms with E-state index in [-0.39, 0.29) is 11.3 Å². The Balaban J connectivity index is 2.16. The molecule has 0 bridgehead atoms. The van der Waals surface area contributed by atoms with Crippen molar-refractivity contribution in [3.8, 4) is 5.75 Å². The normalized spacial score (nSPS) is 18.3. The smallest absolute Gasteiger partial charge is 0.295 e. The molecule has 1 atom stereocenters. The molecule has 1 aliphatic heterocycles. The third kappa shape index (κ3) is 4.21. The molecule has 1 aliphatic rings. The Hall–Kier alpha value is -2.64. The average Bonchev–Trinajstić information content (AvgIpc) is 2.98. The number of carbonyl (C=O) groups excluding carboxylic acids is 2. The van der Waals surface area contributed by atoms with Crippen LogP contribution in [0.15, 0.2) is 58.6 Å². The van der Waals surface area contributed by atoms with E-state index in [2.05, 4.69) is 15.9 Å². The lowest BCUT2D eigenvalue weighted by Gasteiger charge is -2.26. The summed E-state index contributed by atoms with van der Waals surface area (Å²) in [5.74, 6) is -1.02. The van der Waals surface area contributed by atoms with Crippen LogP contribution in [0.1, 0.15) is 23.6 Å². The lowest BCUT2D eigenvalue weighted by Crippen LogP contribution is -2.31. The summed E-state index contributed by atoms with van der Waals surface area (Å²) in [5, 5.41) is 11.0. The number of aliphatic hydroxyl groups is 1. The molecule has 0 aliphatic carbocycles. The Labute approximate surface area is 177 Å². The number of likely N-dealkylation sites (tertiary alicyclic amines) is 1. The van der Waals surface area contributed by atoms with Gasteiger partial charge < -0.3 is 19.5 Å². The number of rotatable bonds is 7. The van der Waals surface area contributed by atoms with Gasteiger partial charge in [0.05, 0.1) is 18.7 Å². The van der Waals surface area contributed by atoms with Crippen LogP contribution in [0.4, 0.5) is 0 Å². The van der Waals surface area contributed by atoms with Gasteiger partial charge >= 0.3 is 0 Å². The van der Waals surface area contributed by atoms with Crippen LogP contribution in [-0.4, -0.2) is 49.1 Å². The number of hydrogen-bond donors (Lipinski definition) is 1. The Bertz CT molecular complexity index is 938. The largest absolute Gasteiger partial charge is 0.507 e. The Morgan fingerprint density at radius 3 is 2.45 bits per heavy atom. The van der Waals surface area contributed by atoms with Crippen LogP contribution in [0.5, 0.6) is 5.75 Å². The number of ketones is 1. The van der Waals surface area contributed by atoms with Crippen LogP contribution in [0.25, 0.3) is 5.76 Å². The molecule has 0 aromatic heterocycles. The van der Waals surface area contributed by atoms with Crippen LogP contribution in [-0.2, 0) is 14.3 Å². The van der Waals surface area contributed by atoms with E-state index in [9.17, 15) is 14.7 Å². The van der Waals surface area contributed by atoms with Crippen molar-refractivity contribution < 1.29 is 24.2 Å². The molecule has 1 saturated heterocycles. The number of amides is 1. The van der Waals surface area contributed by atoms with Crippen molar-refractivity contribution >= 4 is 33.4 Å². The van der Waals surface area contributed by atoms with Crippen molar-refractivity contribution in [2.24, 2.45) is 0 Å². The zero-order chi connectivity index (χ0) is 21.0. The van der Waals surface area contributed by atoms with Crippen LogP contribution < -0.4 is 4.74 Å². The fourth-order valence-corrected chi connectivity index (χ4v) is 3.73. The molecule has 1 unspecified atom stereocenters. The molecule has 29 heavy (non-hydrogen) atoms. The quantitative estimate of drug-likeness (QED) is 0.294. The molecule has 6 nitrogen and oxygen atoms in total. The van der Waals surface area contributed by atoms with Crippen LogP contribution in [0.2, 0.25) is 0 Å². The van der Waals surface area contributed by atoms with E-state index >= 15 is 0 Å². The average molecular weight is 460 g/mol. The molecule has 0 radical (unpaired) electrons. The van der Waals surface area contributed by atoms with Gasteiger partial charge in [0.1, 0.15) is 11.5 Å². The molecule has 2 aromatic carbocycles. The van der Waals surface area contributed by atoms with Gasteiger partial charge in [-0.05, 0) is 24.6 Å². The molecule has 1 N–H and O–H groups in total. The number of ether oxygens (including phenoxy) is 2. The molecular formula is C22H22BrNO5. The standard InChI is InChI=1S/C22H22BrNO5/c1-28-13-5-12-24-19(16-6-3-4-7-17(16)29-2)18(21(26)22(24)27)20(25)14-8-10-15(23)11-9-14/h3-4,6-11,19,25H,5,12-13H2,1-2H3/b20-18-. The third-order valence-corrected chi connectivity index (χ3v) is 5.37. The summed E-state index contributed by atoms with van der Waals surface area (Å²) in [5.41, 5.74) is 1.16. The second kappa shape index (κ2) is 9.24. The fraction of sp³-hybridized carbons (Fsp3) is 0.273. The minimum Gasteiger partial charge on any atom is -0.507 e. The zero-order valence-corrected chi connectivity index (χ0v) is 17.8. The van der Waals surface area contributed by atoms with E-state index in [1.807, 2.05) is 12.1 Å². The summed E-state index contributed by atoms with van der Waals surface area (Å²) >= 11 is 3.36. The van der Waals surface area contributed by atoms with E-state index in [0.717, 1.165) is 4.47 Å². The van der Waals surface area contributed by atoms with E-state index in [0.29, 0.717) is 36.4 Å². The Morgan fingerprint density at radius 1 is 1.10 bits per heavy atom. The third-order valence-electron chi connectivity index (χ3n) is 4.84. The molecule has 152 valence electrons. The number of halogens is 1. The first kappa shape index (κ1) is 21.1. The first-order valence-corrected chi connectivity index (χ1v) is 9.95. The lowest BCUT2D eigenvalue weighted by atomic mass is 9.94. The summed E-state index contributed by atoms with van der Waals surface area (Å²) in [7, 11) is 3.12. The van der Waals surface area contributed by atoms with Crippen LogP contribution in [0, 0.1) is 0 Å². The van der Waals surface area contributed by atoms with Crippen molar-refractivity contribution in [2.75, 3.05) is 27.4 Å². The highest BCUT2D eigenvalue weighted by Gasteiger charge is 2.46. The topological polar surface area (TPSA) is 76.1 Å². The summed E-state index contributed by atoms with van der Waals surface area (Å²) < 4.78 is 11.4. The first-order chi connectivity index (χ1) is 14.0. The second-order valence-corrected chi connectivity index (χ2v) is 7.50. The Kier molecular flexibility index (Phi) is 6.71. The van der Waals surface area contributed by atoms with E-state index in [4.69, 9.17) is 9.47 Å². The maximum absolute atomic E-state index is 12.9.